The van der Waals surface area contributed by atoms with Gasteiger partial charge in [-0.1, -0.05) is 13.3 Å². The first-order chi connectivity index (χ1) is 7.01. The van der Waals surface area contributed by atoms with E-state index in [4.69, 9.17) is 4.74 Å². The third kappa shape index (κ3) is 4.82. The Morgan fingerprint density at radius 3 is 2.47 bits per heavy atom. The van der Waals surface area contributed by atoms with E-state index in [-0.39, 0.29) is 5.60 Å². The van der Waals surface area contributed by atoms with Crippen molar-refractivity contribution in [1.29, 1.82) is 0 Å². The molecule has 1 rings (SSSR count). The van der Waals surface area contributed by atoms with Crippen LogP contribution in [0.25, 0.3) is 0 Å². The maximum atomic E-state index is 5.70. The number of aryl methyl sites for hydroxylation is 1. The highest BCUT2D eigenvalue weighted by Gasteiger charge is 2.11. The van der Waals surface area contributed by atoms with Crippen LogP contribution in [0.2, 0.25) is 0 Å². The molecule has 0 fully saturated rings. The Labute approximate surface area is 92.7 Å². The zero-order chi connectivity index (χ0) is 11.3. The van der Waals surface area contributed by atoms with Gasteiger partial charge in [-0.15, -0.1) is 0 Å². The van der Waals surface area contributed by atoms with Crippen molar-refractivity contribution in [3.05, 3.63) is 24.0 Å². The fourth-order valence-electron chi connectivity index (χ4n) is 1.33. The molecule has 0 aliphatic heterocycles. The molecule has 0 unspecified atom stereocenters. The zero-order valence-corrected chi connectivity index (χ0v) is 10.2. The fourth-order valence-corrected chi connectivity index (χ4v) is 1.33. The van der Waals surface area contributed by atoms with E-state index in [9.17, 15) is 0 Å². The van der Waals surface area contributed by atoms with Crippen LogP contribution in [-0.4, -0.2) is 10.6 Å². The van der Waals surface area contributed by atoms with E-state index in [1.807, 2.05) is 33.0 Å². The maximum absolute atomic E-state index is 5.70. The highest BCUT2D eigenvalue weighted by molar-refractivity contribution is 5.20. The standard InChI is InChI=1S/C13H21NO/c1-5-6-7-11-8-9-12(10-14-11)15-13(2,3)4/h8-10H,5-7H2,1-4H3. The number of nitrogens with zero attached hydrogens (tertiary/aromatic N) is 1. The van der Waals surface area contributed by atoms with Crippen molar-refractivity contribution in [3.8, 4) is 5.75 Å². The van der Waals surface area contributed by atoms with Gasteiger partial charge >= 0.3 is 0 Å². The highest BCUT2D eigenvalue weighted by atomic mass is 16.5. The van der Waals surface area contributed by atoms with Crippen LogP contribution in [0.3, 0.4) is 0 Å². The van der Waals surface area contributed by atoms with Crippen molar-refractivity contribution in [2.75, 3.05) is 0 Å². The summed E-state index contributed by atoms with van der Waals surface area (Å²) in [6, 6.07) is 4.06. The lowest BCUT2D eigenvalue weighted by Crippen LogP contribution is -2.23. The molecular weight excluding hydrogens is 186 g/mol. The molecule has 1 aromatic heterocycles. The molecule has 0 spiro atoms. The molecule has 0 radical (unpaired) electrons. The molecule has 0 saturated carbocycles. The van der Waals surface area contributed by atoms with E-state index in [0.29, 0.717) is 0 Å². The SMILES string of the molecule is CCCCc1ccc(OC(C)(C)C)cn1. The molecule has 2 heteroatoms. The highest BCUT2D eigenvalue weighted by Crippen LogP contribution is 2.17. The summed E-state index contributed by atoms with van der Waals surface area (Å²) < 4.78 is 5.70. The minimum atomic E-state index is -0.146. The molecule has 0 amide bonds. The van der Waals surface area contributed by atoms with Crippen LogP contribution >= 0.6 is 0 Å². The van der Waals surface area contributed by atoms with Crippen molar-refractivity contribution < 1.29 is 4.74 Å². The van der Waals surface area contributed by atoms with Crippen molar-refractivity contribution in [2.45, 2.75) is 52.6 Å². The lowest BCUT2D eigenvalue weighted by atomic mass is 10.2. The van der Waals surface area contributed by atoms with Crippen LogP contribution in [0.4, 0.5) is 0 Å². The lowest BCUT2D eigenvalue weighted by Gasteiger charge is -2.20. The number of ether oxygens (including phenoxy) is 1. The van der Waals surface area contributed by atoms with Crippen molar-refractivity contribution in [2.24, 2.45) is 0 Å². The third-order valence-corrected chi connectivity index (χ3v) is 2.01. The van der Waals surface area contributed by atoms with Crippen LogP contribution in [-0.2, 0) is 6.42 Å². The molecule has 1 heterocycles. The molecule has 0 atom stereocenters. The summed E-state index contributed by atoms with van der Waals surface area (Å²) in [6.07, 6.45) is 5.29. The van der Waals surface area contributed by atoms with Crippen LogP contribution in [0, 0.1) is 0 Å². The Hall–Kier alpha value is -1.05. The molecule has 0 saturated heterocycles. The van der Waals surface area contributed by atoms with Crippen LogP contribution in [0.5, 0.6) is 5.75 Å². The quantitative estimate of drug-likeness (QED) is 0.752. The van der Waals surface area contributed by atoms with Crippen molar-refractivity contribution in [1.82, 2.24) is 4.98 Å². The van der Waals surface area contributed by atoms with Crippen LogP contribution < -0.4 is 4.74 Å². The lowest BCUT2D eigenvalue weighted by molar-refractivity contribution is 0.130. The van der Waals surface area contributed by atoms with Gasteiger partial charge in [0, 0.05) is 5.69 Å². The Bertz CT molecular complexity index is 284. The van der Waals surface area contributed by atoms with Crippen molar-refractivity contribution in [3.63, 3.8) is 0 Å². The third-order valence-electron chi connectivity index (χ3n) is 2.01. The predicted octanol–water partition coefficient (Wildman–Crippen LogP) is 3.60. The number of unbranched alkanes of at least 4 members (excludes halogenated alkanes) is 1. The van der Waals surface area contributed by atoms with Gasteiger partial charge in [-0.2, -0.15) is 0 Å². The average molecular weight is 207 g/mol. The van der Waals surface area contributed by atoms with E-state index >= 15 is 0 Å². The number of hydrogen-bond acceptors (Lipinski definition) is 2. The summed E-state index contributed by atoms with van der Waals surface area (Å²) in [5.74, 6) is 0.850. The molecule has 0 aliphatic rings. The fraction of sp³-hybridized carbons (Fsp3) is 0.615. The van der Waals surface area contributed by atoms with Crippen LogP contribution in [0.15, 0.2) is 18.3 Å². The first-order valence-electron chi connectivity index (χ1n) is 5.65. The van der Waals surface area contributed by atoms with Gasteiger partial charge in [0.2, 0.25) is 0 Å². The van der Waals surface area contributed by atoms with E-state index < -0.39 is 0 Å². The summed E-state index contributed by atoms with van der Waals surface area (Å²) in [4.78, 5) is 4.38. The number of aromatic nitrogens is 1. The maximum Gasteiger partial charge on any atom is 0.138 e. The first kappa shape index (κ1) is 12.0. The average Bonchev–Trinajstić information content (AvgIpc) is 2.14. The van der Waals surface area contributed by atoms with E-state index in [1.165, 1.54) is 12.8 Å². The Balaban J connectivity index is 2.56. The molecule has 0 aromatic carbocycles. The second-order valence-electron chi connectivity index (χ2n) is 4.80. The van der Waals surface area contributed by atoms with Gasteiger partial charge in [-0.05, 0) is 45.7 Å². The van der Waals surface area contributed by atoms with E-state index in [2.05, 4.69) is 18.0 Å². The van der Waals surface area contributed by atoms with Gasteiger partial charge in [0.15, 0.2) is 0 Å². The monoisotopic (exact) mass is 207 g/mol. The summed E-state index contributed by atoms with van der Waals surface area (Å²) >= 11 is 0. The molecule has 0 aliphatic carbocycles. The van der Waals surface area contributed by atoms with E-state index in [1.54, 1.807) is 0 Å². The van der Waals surface area contributed by atoms with Gasteiger partial charge in [0.25, 0.3) is 0 Å². The molecule has 84 valence electrons. The van der Waals surface area contributed by atoms with Gasteiger partial charge in [-0.3, -0.25) is 4.98 Å². The Morgan fingerprint density at radius 2 is 2.00 bits per heavy atom. The molecule has 15 heavy (non-hydrogen) atoms. The largest absolute Gasteiger partial charge is 0.487 e. The zero-order valence-electron chi connectivity index (χ0n) is 10.2. The smallest absolute Gasteiger partial charge is 0.138 e. The Morgan fingerprint density at radius 1 is 1.27 bits per heavy atom. The minimum absolute atomic E-state index is 0.146. The topological polar surface area (TPSA) is 22.1 Å². The summed E-state index contributed by atoms with van der Waals surface area (Å²) in [6.45, 7) is 8.31. The van der Waals surface area contributed by atoms with E-state index in [0.717, 1.165) is 17.9 Å². The molecule has 1 aromatic rings. The van der Waals surface area contributed by atoms with Crippen molar-refractivity contribution >= 4 is 0 Å². The number of hydrogen-bond donors (Lipinski definition) is 0. The molecule has 0 bridgehead atoms. The van der Waals surface area contributed by atoms with Gasteiger partial charge in [0.05, 0.1) is 6.20 Å². The summed E-state index contributed by atoms with van der Waals surface area (Å²) in [7, 11) is 0. The van der Waals surface area contributed by atoms with Gasteiger partial charge in [0.1, 0.15) is 11.4 Å². The second-order valence-corrected chi connectivity index (χ2v) is 4.80. The predicted molar refractivity (Wildman–Crippen MR) is 63.2 cm³/mol. The van der Waals surface area contributed by atoms with Gasteiger partial charge < -0.3 is 4.74 Å². The summed E-state index contributed by atoms with van der Waals surface area (Å²) in [5.41, 5.74) is 1.00. The first-order valence-corrected chi connectivity index (χ1v) is 5.65. The van der Waals surface area contributed by atoms with Crippen LogP contribution in [0.1, 0.15) is 46.2 Å². The number of rotatable bonds is 4. The summed E-state index contributed by atoms with van der Waals surface area (Å²) in [5, 5.41) is 0. The Kier molecular flexibility index (Phi) is 4.13. The van der Waals surface area contributed by atoms with Gasteiger partial charge in [-0.25, -0.2) is 0 Å². The molecule has 0 N–H and O–H groups in total. The number of pyridine rings is 1. The molecular formula is C13H21NO. The second kappa shape index (κ2) is 5.15. The minimum Gasteiger partial charge on any atom is -0.487 e. The normalized spacial score (nSPS) is 11.5. The molecule has 2 nitrogen and oxygen atoms in total.